The van der Waals surface area contributed by atoms with Crippen molar-refractivity contribution in [3.63, 3.8) is 0 Å². The van der Waals surface area contributed by atoms with E-state index < -0.39 is 34.1 Å². The molecule has 3 rings (SSSR count). The number of hydrogen-bond acceptors (Lipinski definition) is 8. The van der Waals surface area contributed by atoms with Crippen LogP contribution in [0.5, 0.6) is 5.75 Å². The van der Waals surface area contributed by atoms with Crippen molar-refractivity contribution in [2.24, 2.45) is 22.9 Å². The zero-order chi connectivity index (χ0) is 39.0. The Morgan fingerprint density at radius 1 is 1.06 bits per heavy atom. The Balaban J connectivity index is 1.67. The number of benzene rings is 3. The molecule has 3 N–H and O–H groups in total. The van der Waals surface area contributed by atoms with Crippen LogP contribution in [0.4, 0.5) is 4.39 Å². The standard InChI is InChI=1S/C38H51ClFN5O7S/c1-6-26(4)34(22-42-53(48,49)31-15-11-29(39)12-16-31)43-38(47)33(25(2)3)21-36(46)35(44-45-41)24-51-23-27-8-17-32(28-9-13-30(40)14-10-28)37(20-27)52-19-7-18-50-5/h8-17,20,25-26,33-36,42,46H,6-7,18-19,21-24H2,1-5H3,(H,43,47)/t26-,33-,34+,35-,36-/m0/s1. The van der Waals surface area contributed by atoms with Crippen LogP contribution in [0.1, 0.15) is 52.5 Å². The lowest BCUT2D eigenvalue weighted by molar-refractivity contribution is -0.128. The van der Waals surface area contributed by atoms with Crippen LogP contribution in [0.3, 0.4) is 0 Å². The van der Waals surface area contributed by atoms with Crippen LogP contribution in [0.2, 0.25) is 5.02 Å². The van der Waals surface area contributed by atoms with Gasteiger partial charge in [-0.25, -0.2) is 17.5 Å². The summed E-state index contributed by atoms with van der Waals surface area (Å²) < 4.78 is 59.1. The monoisotopic (exact) mass is 775 g/mol. The van der Waals surface area contributed by atoms with E-state index in [-0.39, 0.29) is 54.6 Å². The third-order valence-electron chi connectivity index (χ3n) is 9.07. The first kappa shape index (κ1) is 43.7. The molecule has 3 aromatic rings. The van der Waals surface area contributed by atoms with E-state index in [1.165, 1.54) is 36.4 Å². The Bertz CT molecular complexity index is 1740. The van der Waals surface area contributed by atoms with Crippen molar-refractivity contribution < 1.29 is 36.9 Å². The van der Waals surface area contributed by atoms with E-state index in [0.29, 0.717) is 36.8 Å². The summed E-state index contributed by atoms with van der Waals surface area (Å²) in [6.45, 7) is 8.44. The number of sulfonamides is 1. The van der Waals surface area contributed by atoms with Crippen LogP contribution in [-0.4, -0.2) is 71.1 Å². The highest BCUT2D eigenvalue weighted by Gasteiger charge is 2.31. The minimum Gasteiger partial charge on any atom is -0.493 e. The summed E-state index contributed by atoms with van der Waals surface area (Å²) in [5, 5.41) is 18.4. The van der Waals surface area contributed by atoms with Gasteiger partial charge in [0.05, 0.1) is 36.9 Å². The zero-order valence-corrected chi connectivity index (χ0v) is 32.4. The van der Waals surface area contributed by atoms with Gasteiger partial charge >= 0.3 is 0 Å². The number of carbonyl (C=O) groups excluding carboxylic acids is 1. The fraction of sp³-hybridized carbons (Fsp3) is 0.500. The lowest BCUT2D eigenvalue weighted by atomic mass is 9.86. The molecule has 0 fully saturated rings. The van der Waals surface area contributed by atoms with Gasteiger partial charge in [0.1, 0.15) is 11.6 Å². The van der Waals surface area contributed by atoms with Crippen molar-refractivity contribution in [2.75, 3.05) is 33.5 Å². The summed E-state index contributed by atoms with van der Waals surface area (Å²) in [7, 11) is -2.25. The Morgan fingerprint density at radius 3 is 2.38 bits per heavy atom. The van der Waals surface area contributed by atoms with Gasteiger partial charge in [-0.15, -0.1) is 0 Å². The number of rotatable bonds is 23. The predicted octanol–water partition coefficient (Wildman–Crippen LogP) is 7.29. The maximum absolute atomic E-state index is 13.7. The van der Waals surface area contributed by atoms with Gasteiger partial charge in [-0.2, -0.15) is 0 Å². The molecule has 0 aromatic heterocycles. The molecule has 290 valence electrons. The molecule has 0 bridgehead atoms. The van der Waals surface area contributed by atoms with Gasteiger partial charge in [0.15, 0.2) is 0 Å². The molecule has 5 atom stereocenters. The fourth-order valence-corrected chi connectivity index (χ4v) is 6.77. The van der Waals surface area contributed by atoms with E-state index in [1.807, 2.05) is 45.9 Å². The van der Waals surface area contributed by atoms with Gasteiger partial charge < -0.3 is 24.6 Å². The van der Waals surface area contributed by atoms with E-state index in [1.54, 1.807) is 19.2 Å². The van der Waals surface area contributed by atoms with Crippen LogP contribution >= 0.6 is 11.6 Å². The number of azide groups is 1. The molecule has 15 heteroatoms. The second-order valence-corrected chi connectivity index (χ2v) is 15.5. The first-order valence-electron chi connectivity index (χ1n) is 17.7. The molecular weight excluding hydrogens is 725 g/mol. The number of hydrogen-bond donors (Lipinski definition) is 3. The van der Waals surface area contributed by atoms with Crippen molar-refractivity contribution >= 4 is 27.5 Å². The number of aliphatic hydroxyl groups excluding tert-OH is 1. The van der Waals surface area contributed by atoms with Crippen LogP contribution in [0.25, 0.3) is 21.6 Å². The normalized spacial score (nSPS) is 14.5. The molecule has 1 amide bonds. The molecule has 53 heavy (non-hydrogen) atoms. The molecule has 12 nitrogen and oxygen atoms in total. The van der Waals surface area contributed by atoms with Crippen molar-refractivity contribution in [1.29, 1.82) is 0 Å². The summed E-state index contributed by atoms with van der Waals surface area (Å²) in [4.78, 5) is 16.6. The van der Waals surface area contributed by atoms with Gasteiger partial charge in [0, 0.05) is 54.1 Å². The van der Waals surface area contributed by atoms with Crippen molar-refractivity contribution in [3.8, 4) is 16.9 Å². The topological polar surface area (TPSA) is 172 Å². The van der Waals surface area contributed by atoms with E-state index in [0.717, 1.165) is 16.7 Å². The van der Waals surface area contributed by atoms with Gasteiger partial charge in [-0.1, -0.05) is 75.1 Å². The highest BCUT2D eigenvalue weighted by Crippen LogP contribution is 2.32. The third kappa shape index (κ3) is 13.9. The zero-order valence-electron chi connectivity index (χ0n) is 30.9. The number of aliphatic hydroxyl groups is 1. The Kier molecular flexibility index (Phi) is 18.0. The summed E-state index contributed by atoms with van der Waals surface area (Å²) in [6.07, 6.45) is 0.110. The number of amides is 1. The predicted molar refractivity (Wildman–Crippen MR) is 203 cm³/mol. The third-order valence-corrected chi connectivity index (χ3v) is 10.8. The van der Waals surface area contributed by atoms with E-state index in [9.17, 15) is 28.2 Å². The molecule has 0 radical (unpaired) electrons. The van der Waals surface area contributed by atoms with E-state index in [2.05, 4.69) is 20.1 Å². The second-order valence-electron chi connectivity index (χ2n) is 13.3. The summed E-state index contributed by atoms with van der Waals surface area (Å²) in [6, 6.07) is 15.9. The van der Waals surface area contributed by atoms with E-state index in [4.69, 9.17) is 25.8 Å². The van der Waals surface area contributed by atoms with Gasteiger partial charge in [0.2, 0.25) is 15.9 Å². The molecule has 0 spiro atoms. The Hall–Kier alpha value is -3.75. The van der Waals surface area contributed by atoms with Gasteiger partial charge in [-0.3, -0.25) is 4.79 Å². The largest absolute Gasteiger partial charge is 0.493 e. The number of halogens is 2. The highest BCUT2D eigenvalue weighted by molar-refractivity contribution is 7.89. The lowest BCUT2D eigenvalue weighted by Crippen LogP contribution is -2.50. The van der Waals surface area contributed by atoms with Crippen molar-refractivity contribution in [2.45, 2.75) is 76.6 Å². The molecule has 0 saturated heterocycles. The second kappa shape index (κ2) is 21.8. The van der Waals surface area contributed by atoms with Gasteiger partial charge in [-0.05, 0) is 77.4 Å². The molecule has 0 unspecified atom stereocenters. The van der Waals surface area contributed by atoms with Gasteiger partial charge in [0.25, 0.3) is 0 Å². The van der Waals surface area contributed by atoms with E-state index >= 15 is 0 Å². The SMILES string of the molecule is CC[C@H](C)[C@@H](CNS(=O)(=O)c1ccc(Cl)cc1)NC(=O)[C@@H](C[C@H](O)[C@H](COCc1ccc(-c2ccc(F)cc2)c(OCCCOC)c1)N=[N+]=[N-])C(C)C. The first-order chi connectivity index (χ1) is 25.3. The smallest absolute Gasteiger partial charge is 0.240 e. The molecule has 0 saturated carbocycles. The lowest BCUT2D eigenvalue weighted by Gasteiger charge is -2.30. The molecule has 0 heterocycles. The molecule has 0 aliphatic carbocycles. The molecule has 0 aliphatic heterocycles. The van der Waals surface area contributed by atoms with Crippen LogP contribution in [0, 0.1) is 23.6 Å². The van der Waals surface area contributed by atoms with Crippen LogP contribution in [-0.2, 0) is 30.9 Å². The number of methoxy groups -OCH3 is 1. The maximum Gasteiger partial charge on any atom is 0.240 e. The summed E-state index contributed by atoms with van der Waals surface area (Å²) in [5.74, 6) is -1.07. The maximum atomic E-state index is 13.7. The average molecular weight is 776 g/mol. The Morgan fingerprint density at radius 2 is 1.75 bits per heavy atom. The minimum absolute atomic E-state index is 0.0217. The summed E-state index contributed by atoms with van der Waals surface area (Å²) in [5.41, 5.74) is 11.6. The van der Waals surface area contributed by atoms with Crippen molar-refractivity contribution in [3.05, 3.63) is 93.6 Å². The fourth-order valence-electron chi connectivity index (χ4n) is 5.58. The number of ether oxygens (including phenoxy) is 3. The minimum atomic E-state index is -3.86. The highest BCUT2D eigenvalue weighted by atomic mass is 35.5. The first-order valence-corrected chi connectivity index (χ1v) is 19.5. The quantitative estimate of drug-likeness (QED) is 0.0393. The number of nitrogens with one attached hydrogen (secondary N) is 2. The van der Waals surface area contributed by atoms with Crippen LogP contribution < -0.4 is 14.8 Å². The molecule has 3 aromatic carbocycles. The Labute approximate surface area is 317 Å². The average Bonchev–Trinajstić information content (AvgIpc) is 3.13. The molecular formula is C38H51ClFN5O7S. The number of nitrogens with zero attached hydrogens (tertiary/aromatic N) is 3. The number of carbonyl (C=O) groups is 1. The van der Waals surface area contributed by atoms with Crippen LogP contribution in [0.15, 0.2) is 76.7 Å². The molecule has 0 aliphatic rings. The van der Waals surface area contributed by atoms with Crippen molar-refractivity contribution in [1.82, 2.24) is 10.0 Å². The summed E-state index contributed by atoms with van der Waals surface area (Å²) >= 11 is 5.91.